The number of anilines is 2. The van der Waals surface area contributed by atoms with Crippen LogP contribution in [-0.4, -0.2) is 32.0 Å². The molecule has 1 N–H and O–H groups in total. The van der Waals surface area contributed by atoms with Crippen molar-refractivity contribution in [1.82, 2.24) is 14.5 Å². The van der Waals surface area contributed by atoms with Crippen LogP contribution in [0.5, 0.6) is 0 Å². The van der Waals surface area contributed by atoms with Crippen molar-refractivity contribution in [2.75, 3.05) is 11.5 Å². The van der Waals surface area contributed by atoms with Gasteiger partial charge in [0, 0.05) is 12.6 Å². The van der Waals surface area contributed by atoms with Crippen LogP contribution in [-0.2, 0) is 13.6 Å². The number of para-hydroxylation sites is 2. The maximum Gasteiger partial charge on any atom is 0.212 e. The Morgan fingerprint density at radius 3 is 2.52 bits per heavy atom. The summed E-state index contributed by atoms with van der Waals surface area (Å²) in [5, 5.41) is 9.01. The third kappa shape index (κ3) is 3.72. The van der Waals surface area contributed by atoms with Gasteiger partial charge in [-0.1, -0.05) is 36.4 Å². The molecule has 0 aliphatic heterocycles. The molecule has 6 nitrogen and oxygen atoms in total. The fourth-order valence-corrected chi connectivity index (χ4v) is 3.23. The zero-order chi connectivity index (χ0) is 20.4. The van der Waals surface area contributed by atoms with Gasteiger partial charge in [-0.25, -0.2) is 14.4 Å². The molecule has 4 rings (SSSR count). The van der Waals surface area contributed by atoms with E-state index >= 15 is 0 Å². The first-order valence-corrected chi connectivity index (χ1v) is 9.10. The molecule has 0 amide bonds. The Morgan fingerprint density at radius 2 is 1.86 bits per heavy atom. The van der Waals surface area contributed by atoms with E-state index in [4.69, 9.17) is 10.1 Å². The molecule has 0 spiro atoms. The summed E-state index contributed by atoms with van der Waals surface area (Å²) < 4.78 is 15.4. The third-order valence-electron chi connectivity index (χ3n) is 4.75. The number of aromatic nitrogens is 3. The normalized spacial score (nSPS) is 11.0. The number of imidazole rings is 1. The molecular formula is C22H19FN4O2. The average Bonchev–Trinajstić information content (AvgIpc) is 3.09. The summed E-state index contributed by atoms with van der Waals surface area (Å²) in [4.78, 5) is 22.5. The number of rotatable bonds is 6. The van der Waals surface area contributed by atoms with Gasteiger partial charge in [-0.2, -0.15) is 0 Å². The van der Waals surface area contributed by atoms with Crippen molar-refractivity contribution in [3.05, 3.63) is 83.8 Å². The smallest absolute Gasteiger partial charge is 0.212 e. The van der Waals surface area contributed by atoms with E-state index in [0.717, 1.165) is 16.6 Å². The minimum Gasteiger partial charge on any atom is -0.388 e. The number of carbonyl (C=O) groups is 1. The summed E-state index contributed by atoms with van der Waals surface area (Å²) in [6.07, 6.45) is 1.17. The Balaban J connectivity index is 1.75. The monoisotopic (exact) mass is 390 g/mol. The number of Topliss-reactive ketones (excluding diaryl/α,β-unsaturated/α-hetero) is 1. The number of aryl methyl sites for hydroxylation is 1. The highest BCUT2D eigenvalue weighted by Gasteiger charge is 2.19. The topological polar surface area (TPSA) is 71.2 Å². The number of hydrogen-bond donors (Lipinski definition) is 1. The molecule has 0 radical (unpaired) electrons. The molecule has 2 aromatic heterocycles. The van der Waals surface area contributed by atoms with Gasteiger partial charge in [0.2, 0.25) is 5.95 Å². The van der Waals surface area contributed by atoms with Crippen LogP contribution in [0, 0.1) is 5.82 Å². The molecule has 29 heavy (non-hydrogen) atoms. The van der Waals surface area contributed by atoms with Gasteiger partial charge in [0.15, 0.2) is 5.78 Å². The predicted molar refractivity (Wildman–Crippen MR) is 109 cm³/mol. The molecule has 2 heterocycles. The van der Waals surface area contributed by atoms with Crippen LogP contribution in [0.3, 0.4) is 0 Å². The van der Waals surface area contributed by atoms with E-state index in [0.29, 0.717) is 23.9 Å². The minimum atomic E-state index is -0.523. The summed E-state index contributed by atoms with van der Waals surface area (Å²) in [6, 6.07) is 17.8. The van der Waals surface area contributed by atoms with Crippen LogP contribution in [0.25, 0.3) is 11.0 Å². The molecule has 7 heteroatoms. The summed E-state index contributed by atoms with van der Waals surface area (Å²) >= 11 is 0. The second-order valence-corrected chi connectivity index (χ2v) is 6.66. The molecule has 0 saturated heterocycles. The van der Waals surface area contributed by atoms with Crippen LogP contribution >= 0.6 is 0 Å². The molecule has 0 saturated carbocycles. The highest BCUT2D eigenvalue weighted by molar-refractivity contribution is 5.96. The van der Waals surface area contributed by atoms with Gasteiger partial charge in [-0.15, -0.1) is 0 Å². The number of aliphatic hydroxyl groups excluding tert-OH is 1. The maximum absolute atomic E-state index is 13.4. The van der Waals surface area contributed by atoms with Crippen LogP contribution in [0.1, 0.15) is 15.9 Å². The van der Waals surface area contributed by atoms with Crippen molar-refractivity contribution in [3.63, 3.8) is 0 Å². The Labute approximate surface area is 166 Å². The fourth-order valence-electron chi connectivity index (χ4n) is 3.23. The van der Waals surface area contributed by atoms with Crippen molar-refractivity contribution in [2.45, 2.75) is 6.54 Å². The van der Waals surface area contributed by atoms with Gasteiger partial charge in [-0.3, -0.25) is 9.69 Å². The molecule has 4 aromatic rings. The Bertz CT molecular complexity index is 1150. The van der Waals surface area contributed by atoms with Crippen molar-refractivity contribution >= 4 is 28.6 Å². The fraction of sp³-hybridized carbons (Fsp3) is 0.136. The minimum absolute atomic E-state index is 0.330. The van der Waals surface area contributed by atoms with E-state index in [1.54, 1.807) is 18.2 Å². The quantitative estimate of drug-likeness (QED) is 0.509. The van der Waals surface area contributed by atoms with Crippen LogP contribution in [0.15, 0.2) is 66.9 Å². The standard InChI is InChI=1S/C22H19FN4O2/c1-26-19-5-3-2-4-18(19)25-22(26)27(21-11-10-17(23)12-24-21)13-15-6-8-16(9-7-15)20(29)14-28/h2-12,28H,13-14H2,1H3. The zero-order valence-electron chi connectivity index (χ0n) is 15.8. The second-order valence-electron chi connectivity index (χ2n) is 6.66. The molecule has 146 valence electrons. The number of fused-ring (bicyclic) bond motifs is 1. The largest absolute Gasteiger partial charge is 0.388 e. The second kappa shape index (κ2) is 7.81. The molecule has 0 atom stereocenters. The highest BCUT2D eigenvalue weighted by atomic mass is 19.1. The maximum atomic E-state index is 13.4. The molecular weight excluding hydrogens is 371 g/mol. The Hall–Kier alpha value is -3.58. The van der Waals surface area contributed by atoms with Crippen LogP contribution < -0.4 is 4.90 Å². The van der Waals surface area contributed by atoms with E-state index < -0.39 is 12.4 Å². The van der Waals surface area contributed by atoms with Gasteiger partial charge >= 0.3 is 0 Å². The number of nitrogens with zero attached hydrogens (tertiary/aromatic N) is 4. The lowest BCUT2D eigenvalue weighted by Gasteiger charge is -2.23. The highest BCUT2D eigenvalue weighted by Crippen LogP contribution is 2.28. The molecule has 0 bridgehead atoms. The number of halogens is 1. The molecule has 0 aliphatic carbocycles. The van der Waals surface area contributed by atoms with E-state index in [-0.39, 0.29) is 5.78 Å². The first kappa shape index (κ1) is 18.8. The van der Waals surface area contributed by atoms with Gasteiger partial charge in [0.25, 0.3) is 0 Å². The SMILES string of the molecule is Cn1c(N(Cc2ccc(C(=O)CO)cc2)c2ccc(F)cn2)nc2ccccc21. The summed E-state index contributed by atoms with van der Waals surface area (Å²) in [5.41, 5.74) is 3.18. The lowest BCUT2D eigenvalue weighted by molar-refractivity contribution is 0.0903. The summed E-state index contributed by atoms with van der Waals surface area (Å²) in [5.74, 6) is 0.482. The number of hydrogen-bond acceptors (Lipinski definition) is 5. The number of ketones is 1. The predicted octanol–water partition coefficient (Wildman–Crippen LogP) is 3.62. The average molecular weight is 390 g/mol. The summed E-state index contributed by atoms with van der Waals surface area (Å²) in [7, 11) is 1.92. The number of benzene rings is 2. The molecule has 0 aliphatic rings. The van der Waals surface area contributed by atoms with E-state index in [1.165, 1.54) is 12.3 Å². The lowest BCUT2D eigenvalue weighted by Crippen LogP contribution is -2.21. The lowest BCUT2D eigenvalue weighted by atomic mass is 10.1. The van der Waals surface area contributed by atoms with Crippen LogP contribution in [0.2, 0.25) is 0 Å². The van der Waals surface area contributed by atoms with Crippen LogP contribution in [0.4, 0.5) is 16.2 Å². The Morgan fingerprint density at radius 1 is 1.10 bits per heavy atom. The van der Waals surface area contributed by atoms with Gasteiger partial charge in [0.1, 0.15) is 18.2 Å². The van der Waals surface area contributed by atoms with Crippen molar-refractivity contribution < 1.29 is 14.3 Å². The molecule has 2 aromatic carbocycles. The van der Waals surface area contributed by atoms with E-state index in [2.05, 4.69) is 4.98 Å². The van der Waals surface area contributed by atoms with E-state index in [9.17, 15) is 9.18 Å². The van der Waals surface area contributed by atoms with Crippen molar-refractivity contribution in [1.29, 1.82) is 0 Å². The molecule has 0 fully saturated rings. The van der Waals surface area contributed by atoms with Gasteiger partial charge in [0.05, 0.1) is 23.8 Å². The van der Waals surface area contributed by atoms with E-state index in [1.807, 2.05) is 52.9 Å². The Kier molecular flexibility index (Phi) is 5.05. The summed E-state index contributed by atoms with van der Waals surface area (Å²) in [6.45, 7) is -0.103. The number of carbonyl (C=O) groups excluding carboxylic acids is 1. The first-order chi connectivity index (χ1) is 14.1. The van der Waals surface area contributed by atoms with Crippen molar-refractivity contribution in [2.24, 2.45) is 7.05 Å². The number of pyridine rings is 1. The van der Waals surface area contributed by atoms with Gasteiger partial charge < -0.3 is 9.67 Å². The van der Waals surface area contributed by atoms with Crippen molar-refractivity contribution in [3.8, 4) is 0 Å². The third-order valence-corrected chi connectivity index (χ3v) is 4.75. The zero-order valence-corrected chi connectivity index (χ0v) is 15.8. The number of aliphatic hydroxyl groups is 1. The van der Waals surface area contributed by atoms with Gasteiger partial charge in [-0.05, 0) is 29.8 Å². The molecule has 0 unspecified atom stereocenters. The first-order valence-electron chi connectivity index (χ1n) is 9.10.